The van der Waals surface area contributed by atoms with E-state index in [9.17, 15) is 4.79 Å². The van der Waals surface area contributed by atoms with Crippen molar-refractivity contribution in [2.75, 3.05) is 26.7 Å². The highest BCUT2D eigenvalue weighted by Gasteiger charge is 2.26. The van der Waals surface area contributed by atoms with E-state index in [-0.39, 0.29) is 5.91 Å². The SMILES string of the molecule is COc1ccc(-c2noc(CCC(=O)N3CCC(NCC4CC4)CC3)n2)cc1. The number of carbonyl (C=O) groups excluding carboxylic acids is 1. The molecule has 1 aliphatic carbocycles. The Morgan fingerprint density at radius 3 is 2.64 bits per heavy atom. The molecular weight excluding hydrogens is 356 g/mol. The van der Waals surface area contributed by atoms with Crippen LogP contribution in [0.25, 0.3) is 11.4 Å². The van der Waals surface area contributed by atoms with E-state index >= 15 is 0 Å². The number of nitrogens with one attached hydrogen (secondary N) is 1. The third kappa shape index (κ3) is 4.90. The fraction of sp³-hybridized carbons (Fsp3) is 0.571. The van der Waals surface area contributed by atoms with Gasteiger partial charge in [0, 0.05) is 37.5 Å². The van der Waals surface area contributed by atoms with Crippen molar-refractivity contribution in [3.63, 3.8) is 0 Å². The minimum atomic E-state index is 0.171. The average Bonchev–Trinajstić information content (AvgIpc) is 3.46. The molecule has 4 rings (SSSR count). The van der Waals surface area contributed by atoms with Gasteiger partial charge in [0.05, 0.1) is 7.11 Å². The van der Waals surface area contributed by atoms with E-state index < -0.39 is 0 Å². The Balaban J connectivity index is 1.22. The molecule has 7 nitrogen and oxygen atoms in total. The van der Waals surface area contributed by atoms with Gasteiger partial charge in [-0.25, -0.2) is 0 Å². The lowest BCUT2D eigenvalue weighted by Crippen LogP contribution is -2.45. The van der Waals surface area contributed by atoms with Crippen molar-refractivity contribution in [3.05, 3.63) is 30.2 Å². The fourth-order valence-corrected chi connectivity index (χ4v) is 3.57. The summed E-state index contributed by atoms with van der Waals surface area (Å²) < 4.78 is 10.5. The number of nitrogens with zero attached hydrogens (tertiary/aromatic N) is 3. The lowest BCUT2D eigenvalue weighted by atomic mass is 10.0. The average molecular weight is 384 g/mol. The topological polar surface area (TPSA) is 80.5 Å². The molecule has 0 bridgehead atoms. The van der Waals surface area contributed by atoms with Crippen LogP contribution in [0.15, 0.2) is 28.8 Å². The van der Waals surface area contributed by atoms with Crippen LogP contribution in [0.1, 0.15) is 38.0 Å². The van der Waals surface area contributed by atoms with E-state index in [1.165, 1.54) is 12.8 Å². The number of benzene rings is 1. The maximum atomic E-state index is 12.5. The molecular formula is C21H28N4O3. The summed E-state index contributed by atoms with van der Waals surface area (Å²) in [7, 11) is 1.63. The number of carbonyl (C=O) groups is 1. The van der Waals surface area contributed by atoms with Crippen LogP contribution in [0.2, 0.25) is 0 Å². The van der Waals surface area contributed by atoms with E-state index in [1.54, 1.807) is 7.11 Å². The predicted molar refractivity (Wildman–Crippen MR) is 105 cm³/mol. The molecule has 0 unspecified atom stereocenters. The van der Waals surface area contributed by atoms with Gasteiger partial charge >= 0.3 is 0 Å². The van der Waals surface area contributed by atoms with Gasteiger partial charge in [-0.05, 0) is 62.4 Å². The van der Waals surface area contributed by atoms with Gasteiger partial charge in [0.25, 0.3) is 0 Å². The summed E-state index contributed by atoms with van der Waals surface area (Å²) >= 11 is 0. The minimum absolute atomic E-state index is 0.171. The summed E-state index contributed by atoms with van der Waals surface area (Å²) in [5.41, 5.74) is 0.864. The number of methoxy groups -OCH3 is 1. The molecule has 28 heavy (non-hydrogen) atoms. The number of ether oxygens (including phenoxy) is 1. The zero-order valence-corrected chi connectivity index (χ0v) is 16.4. The van der Waals surface area contributed by atoms with Crippen LogP contribution < -0.4 is 10.1 Å². The first-order chi connectivity index (χ1) is 13.7. The smallest absolute Gasteiger partial charge is 0.227 e. The monoisotopic (exact) mass is 384 g/mol. The maximum Gasteiger partial charge on any atom is 0.227 e. The molecule has 1 saturated heterocycles. The van der Waals surface area contributed by atoms with E-state index in [0.717, 1.165) is 49.7 Å². The first-order valence-corrected chi connectivity index (χ1v) is 10.2. The Labute approximate surface area is 165 Å². The van der Waals surface area contributed by atoms with E-state index in [0.29, 0.717) is 30.6 Å². The second-order valence-corrected chi connectivity index (χ2v) is 7.75. The summed E-state index contributed by atoms with van der Waals surface area (Å²) in [5, 5.41) is 7.67. The van der Waals surface area contributed by atoms with E-state index in [1.807, 2.05) is 29.2 Å². The zero-order valence-electron chi connectivity index (χ0n) is 16.4. The van der Waals surface area contributed by atoms with Crippen molar-refractivity contribution in [1.29, 1.82) is 0 Å². The summed E-state index contributed by atoms with van der Waals surface area (Å²) in [6.07, 6.45) is 5.72. The highest BCUT2D eigenvalue weighted by molar-refractivity contribution is 5.76. The molecule has 1 amide bonds. The second kappa shape index (κ2) is 8.73. The Morgan fingerprint density at radius 2 is 1.96 bits per heavy atom. The Hall–Kier alpha value is -2.41. The molecule has 0 spiro atoms. The predicted octanol–water partition coefficient (Wildman–Crippen LogP) is 2.67. The molecule has 0 radical (unpaired) electrons. The quantitative estimate of drug-likeness (QED) is 0.754. The van der Waals surface area contributed by atoms with Crippen molar-refractivity contribution < 1.29 is 14.1 Å². The molecule has 2 aromatic rings. The van der Waals surface area contributed by atoms with Crippen molar-refractivity contribution in [2.45, 2.75) is 44.6 Å². The Morgan fingerprint density at radius 1 is 1.21 bits per heavy atom. The summed E-state index contributed by atoms with van der Waals surface area (Å²) in [5.74, 6) is 2.89. The molecule has 150 valence electrons. The molecule has 2 aliphatic rings. The van der Waals surface area contributed by atoms with Crippen LogP contribution in [0.3, 0.4) is 0 Å². The second-order valence-electron chi connectivity index (χ2n) is 7.75. The number of hydrogen-bond acceptors (Lipinski definition) is 6. The van der Waals surface area contributed by atoms with Crippen LogP contribution in [0, 0.1) is 5.92 Å². The van der Waals surface area contributed by atoms with Crippen molar-refractivity contribution >= 4 is 5.91 Å². The number of hydrogen-bond donors (Lipinski definition) is 1. The van der Waals surface area contributed by atoms with Gasteiger partial charge in [0.15, 0.2) is 0 Å². The van der Waals surface area contributed by atoms with E-state index in [4.69, 9.17) is 9.26 Å². The molecule has 0 atom stereocenters. The number of amides is 1. The number of rotatable bonds is 8. The van der Waals surface area contributed by atoms with Crippen LogP contribution in [0.4, 0.5) is 0 Å². The molecule has 1 aliphatic heterocycles. The lowest BCUT2D eigenvalue weighted by Gasteiger charge is -2.32. The highest BCUT2D eigenvalue weighted by atomic mass is 16.5. The molecule has 1 aromatic carbocycles. The molecule has 7 heteroatoms. The maximum absolute atomic E-state index is 12.5. The highest BCUT2D eigenvalue weighted by Crippen LogP contribution is 2.28. The fourth-order valence-electron chi connectivity index (χ4n) is 3.57. The summed E-state index contributed by atoms with van der Waals surface area (Å²) in [6, 6.07) is 8.06. The first kappa shape index (κ1) is 18.9. The number of piperidine rings is 1. The van der Waals surface area contributed by atoms with Gasteiger partial charge in [-0.15, -0.1) is 0 Å². The lowest BCUT2D eigenvalue weighted by molar-refractivity contribution is -0.132. The molecule has 1 saturated carbocycles. The standard InChI is InChI=1S/C21H28N4O3/c1-27-18-6-4-16(5-7-18)21-23-19(28-24-21)8-9-20(26)25-12-10-17(11-13-25)22-14-15-2-3-15/h4-7,15,17,22H,2-3,8-14H2,1H3. The number of likely N-dealkylation sites (tertiary alicyclic amines) is 1. The van der Waals surface area contributed by atoms with Crippen molar-refractivity contribution in [1.82, 2.24) is 20.4 Å². The molecule has 1 aromatic heterocycles. The van der Waals surface area contributed by atoms with Crippen molar-refractivity contribution in [3.8, 4) is 17.1 Å². The molecule has 2 fully saturated rings. The van der Waals surface area contributed by atoms with Gasteiger partial charge in [-0.3, -0.25) is 4.79 Å². The zero-order chi connectivity index (χ0) is 19.3. The Bertz CT molecular complexity index is 777. The van der Waals surface area contributed by atoms with Crippen LogP contribution in [-0.2, 0) is 11.2 Å². The largest absolute Gasteiger partial charge is 0.497 e. The van der Waals surface area contributed by atoms with Gasteiger partial charge in [0.1, 0.15) is 5.75 Å². The summed E-state index contributed by atoms with van der Waals surface area (Å²) in [6.45, 7) is 2.82. The van der Waals surface area contributed by atoms with Crippen LogP contribution >= 0.6 is 0 Å². The minimum Gasteiger partial charge on any atom is -0.497 e. The van der Waals surface area contributed by atoms with Crippen LogP contribution in [0.5, 0.6) is 5.75 Å². The normalized spacial score (nSPS) is 17.7. The Kier molecular flexibility index (Phi) is 5.90. The number of aryl methyl sites for hydroxylation is 1. The van der Waals surface area contributed by atoms with Gasteiger partial charge < -0.3 is 19.5 Å². The molecule has 1 N–H and O–H groups in total. The third-order valence-electron chi connectivity index (χ3n) is 5.61. The van der Waals surface area contributed by atoms with E-state index in [2.05, 4.69) is 15.5 Å². The van der Waals surface area contributed by atoms with Crippen molar-refractivity contribution in [2.24, 2.45) is 5.92 Å². The molecule has 2 heterocycles. The third-order valence-corrected chi connectivity index (χ3v) is 5.61. The van der Waals surface area contributed by atoms with Gasteiger partial charge in [-0.1, -0.05) is 5.16 Å². The first-order valence-electron chi connectivity index (χ1n) is 10.2. The number of aromatic nitrogens is 2. The van der Waals surface area contributed by atoms with Crippen LogP contribution in [-0.4, -0.2) is 53.7 Å². The van der Waals surface area contributed by atoms with Gasteiger partial charge in [-0.2, -0.15) is 4.98 Å². The van der Waals surface area contributed by atoms with Gasteiger partial charge in [0.2, 0.25) is 17.6 Å². The summed E-state index contributed by atoms with van der Waals surface area (Å²) in [4.78, 5) is 18.9.